The third-order valence-corrected chi connectivity index (χ3v) is 4.47. The van der Waals surface area contributed by atoms with E-state index in [2.05, 4.69) is 12.2 Å². The molecule has 19 heavy (non-hydrogen) atoms. The van der Waals surface area contributed by atoms with Crippen molar-refractivity contribution in [2.24, 2.45) is 5.92 Å². The van der Waals surface area contributed by atoms with Gasteiger partial charge in [-0.2, -0.15) is 0 Å². The summed E-state index contributed by atoms with van der Waals surface area (Å²) in [6, 6.07) is -0.630. The van der Waals surface area contributed by atoms with E-state index in [0.717, 1.165) is 25.7 Å². The zero-order valence-electron chi connectivity index (χ0n) is 11.6. The molecule has 5 nitrogen and oxygen atoms in total. The van der Waals surface area contributed by atoms with Gasteiger partial charge in [0.15, 0.2) is 0 Å². The van der Waals surface area contributed by atoms with Gasteiger partial charge in [0.25, 0.3) is 0 Å². The summed E-state index contributed by atoms with van der Waals surface area (Å²) < 4.78 is 0. The molecular weight excluding hydrogens is 244 g/mol. The summed E-state index contributed by atoms with van der Waals surface area (Å²) in [5, 5.41) is 12.2. The fourth-order valence-corrected chi connectivity index (χ4v) is 3.22. The fourth-order valence-electron chi connectivity index (χ4n) is 3.22. The summed E-state index contributed by atoms with van der Waals surface area (Å²) in [7, 11) is 0. The molecule has 2 fully saturated rings. The molecule has 2 amide bonds. The van der Waals surface area contributed by atoms with Crippen molar-refractivity contribution in [3.63, 3.8) is 0 Å². The van der Waals surface area contributed by atoms with E-state index < -0.39 is 12.0 Å². The third-order valence-electron chi connectivity index (χ3n) is 4.47. The topological polar surface area (TPSA) is 69.6 Å². The van der Waals surface area contributed by atoms with Crippen molar-refractivity contribution < 1.29 is 14.7 Å². The van der Waals surface area contributed by atoms with Crippen molar-refractivity contribution in [3.8, 4) is 0 Å². The fraction of sp³-hybridized carbons (Fsp3) is 0.857. The van der Waals surface area contributed by atoms with Gasteiger partial charge in [0.2, 0.25) is 0 Å². The molecule has 0 bridgehead atoms. The summed E-state index contributed by atoms with van der Waals surface area (Å²) >= 11 is 0. The van der Waals surface area contributed by atoms with Crippen molar-refractivity contribution in [1.29, 1.82) is 0 Å². The van der Waals surface area contributed by atoms with Crippen LogP contribution in [0.3, 0.4) is 0 Å². The Bertz CT molecular complexity index is 346. The quantitative estimate of drug-likeness (QED) is 0.754. The summed E-state index contributed by atoms with van der Waals surface area (Å²) in [4.78, 5) is 24.8. The minimum Gasteiger partial charge on any atom is -0.480 e. The molecule has 0 spiro atoms. The van der Waals surface area contributed by atoms with Crippen molar-refractivity contribution in [2.45, 2.75) is 64.0 Å². The lowest BCUT2D eigenvalue weighted by Crippen LogP contribution is -2.50. The SMILES string of the molecule is CC1CCCCCC1NC(=O)N1CCC[C@H]1C(=O)O. The number of rotatable bonds is 2. The van der Waals surface area contributed by atoms with Crippen LogP contribution in [0.5, 0.6) is 0 Å². The van der Waals surface area contributed by atoms with Crippen molar-refractivity contribution in [1.82, 2.24) is 10.2 Å². The number of hydrogen-bond acceptors (Lipinski definition) is 2. The second kappa shape index (κ2) is 6.26. The highest BCUT2D eigenvalue weighted by atomic mass is 16.4. The minimum atomic E-state index is -0.887. The van der Waals surface area contributed by atoms with Crippen molar-refractivity contribution >= 4 is 12.0 Å². The number of amides is 2. The number of likely N-dealkylation sites (tertiary alicyclic amines) is 1. The Balaban J connectivity index is 1.94. The molecule has 2 unspecified atom stereocenters. The molecule has 2 aliphatic rings. The molecule has 0 aromatic heterocycles. The molecule has 0 aromatic carbocycles. The summed E-state index contributed by atoms with van der Waals surface area (Å²) in [5.74, 6) is -0.404. The number of nitrogens with one attached hydrogen (secondary N) is 1. The maximum atomic E-state index is 12.2. The molecule has 1 saturated carbocycles. The Hall–Kier alpha value is -1.26. The van der Waals surface area contributed by atoms with E-state index in [1.807, 2.05) is 0 Å². The van der Waals surface area contributed by atoms with Gasteiger partial charge in [-0.1, -0.05) is 26.2 Å². The average Bonchev–Trinajstić information content (AvgIpc) is 2.78. The standard InChI is InChI=1S/C14H24N2O3/c1-10-6-3-2-4-7-11(10)15-14(19)16-9-5-8-12(16)13(17)18/h10-12H,2-9H2,1H3,(H,15,19)(H,17,18)/t10?,11?,12-/m0/s1. The van der Waals surface area contributed by atoms with E-state index in [1.165, 1.54) is 17.7 Å². The van der Waals surface area contributed by atoms with Gasteiger partial charge in [-0.05, 0) is 31.6 Å². The molecule has 3 atom stereocenters. The number of carbonyl (C=O) groups is 2. The molecule has 5 heteroatoms. The number of urea groups is 1. The van der Waals surface area contributed by atoms with Gasteiger partial charge >= 0.3 is 12.0 Å². The maximum absolute atomic E-state index is 12.2. The van der Waals surface area contributed by atoms with Gasteiger partial charge in [0.05, 0.1) is 0 Å². The Morgan fingerprint density at radius 2 is 1.84 bits per heavy atom. The lowest BCUT2D eigenvalue weighted by atomic mass is 9.97. The van der Waals surface area contributed by atoms with E-state index in [-0.39, 0.29) is 12.1 Å². The first-order valence-electron chi connectivity index (χ1n) is 7.39. The highest BCUT2D eigenvalue weighted by Crippen LogP contribution is 2.24. The van der Waals surface area contributed by atoms with Crippen LogP contribution < -0.4 is 5.32 Å². The summed E-state index contributed by atoms with van der Waals surface area (Å²) in [6.45, 7) is 2.73. The Kier molecular flexibility index (Phi) is 4.66. The molecule has 1 aliphatic carbocycles. The first kappa shape index (κ1) is 14.2. The second-order valence-electron chi connectivity index (χ2n) is 5.86. The molecule has 1 heterocycles. The normalized spacial score (nSPS) is 31.8. The van der Waals surface area contributed by atoms with Crippen molar-refractivity contribution in [3.05, 3.63) is 0 Å². The molecule has 108 valence electrons. The van der Waals surface area contributed by atoms with Crippen LogP contribution in [-0.2, 0) is 4.79 Å². The highest BCUT2D eigenvalue weighted by Gasteiger charge is 2.35. The molecule has 2 rings (SSSR count). The lowest BCUT2D eigenvalue weighted by Gasteiger charge is -2.28. The van der Waals surface area contributed by atoms with Gasteiger partial charge in [-0.15, -0.1) is 0 Å². The number of hydrogen-bond donors (Lipinski definition) is 2. The lowest BCUT2D eigenvalue weighted by molar-refractivity contribution is -0.141. The average molecular weight is 268 g/mol. The van der Waals surface area contributed by atoms with Gasteiger partial charge in [-0.25, -0.2) is 9.59 Å². The molecule has 1 saturated heterocycles. The number of nitrogens with zero attached hydrogens (tertiary/aromatic N) is 1. The third kappa shape index (κ3) is 3.39. The highest BCUT2D eigenvalue weighted by molar-refractivity contribution is 5.83. The number of carboxylic acid groups (broad SMARTS) is 1. The van der Waals surface area contributed by atoms with E-state index in [0.29, 0.717) is 18.9 Å². The van der Waals surface area contributed by atoms with Crippen molar-refractivity contribution in [2.75, 3.05) is 6.54 Å². The van der Waals surface area contributed by atoms with Crippen LogP contribution in [0.15, 0.2) is 0 Å². The Labute approximate surface area is 114 Å². The summed E-state index contributed by atoms with van der Waals surface area (Å²) in [5.41, 5.74) is 0. The zero-order valence-corrected chi connectivity index (χ0v) is 11.6. The van der Waals surface area contributed by atoms with Crippen LogP contribution in [-0.4, -0.2) is 40.6 Å². The predicted octanol–water partition coefficient (Wildman–Crippen LogP) is 2.21. The predicted molar refractivity (Wildman–Crippen MR) is 71.9 cm³/mol. The smallest absolute Gasteiger partial charge is 0.326 e. The van der Waals surface area contributed by atoms with Crippen LogP contribution >= 0.6 is 0 Å². The monoisotopic (exact) mass is 268 g/mol. The number of carboxylic acids is 1. The van der Waals surface area contributed by atoms with E-state index in [4.69, 9.17) is 5.11 Å². The Morgan fingerprint density at radius 3 is 2.58 bits per heavy atom. The first-order chi connectivity index (χ1) is 9.09. The molecule has 2 N–H and O–H groups in total. The van der Waals surface area contributed by atoms with Gasteiger partial charge in [0.1, 0.15) is 6.04 Å². The maximum Gasteiger partial charge on any atom is 0.326 e. The molecule has 1 aliphatic heterocycles. The largest absolute Gasteiger partial charge is 0.480 e. The van der Waals surface area contributed by atoms with Gasteiger partial charge in [0, 0.05) is 12.6 Å². The molecular formula is C14H24N2O3. The first-order valence-corrected chi connectivity index (χ1v) is 7.39. The van der Waals surface area contributed by atoms with Crippen LogP contribution in [0, 0.1) is 5.92 Å². The molecule has 0 radical (unpaired) electrons. The number of aliphatic carboxylic acids is 1. The zero-order chi connectivity index (χ0) is 13.8. The van der Waals surface area contributed by atoms with Gasteiger partial charge in [-0.3, -0.25) is 0 Å². The molecule has 0 aromatic rings. The van der Waals surface area contributed by atoms with Crippen LogP contribution in [0.4, 0.5) is 4.79 Å². The minimum absolute atomic E-state index is 0.191. The number of carbonyl (C=O) groups excluding carboxylic acids is 1. The van der Waals surface area contributed by atoms with E-state index >= 15 is 0 Å². The summed E-state index contributed by atoms with van der Waals surface area (Å²) in [6.07, 6.45) is 7.13. The second-order valence-corrected chi connectivity index (χ2v) is 5.86. The van der Waals surface area contributed by atoms with E-state index in [9.17, 15) is 9.59 Å². The van der Waals surface area contributed by atoms with Crippen LogP contribution in [0.1, 0.15) is 51.9 Å². The van der Waals surface area contributed by atoms with E-state index in [1.54, 1.807) is 0 Å². The van der Waals surface area contributed by atoms with Crippen LogP contribution in [0.25, 0.3) is 0 Å². The van der Waals surface area contributed by atoms with Crippen LogP contribution in [0.2, 0.25) is 0 Å². The van der Waals surface area contributed by atoms with Gasteiger partial charge < -0.3 is 15.3 Å². The Morgan fingerprint density at radius 1 is 1.11 bits per heavy atom.